The average molecular weight is 252 g/mol. The van der Waals surface area contributed by atoms with E-state index in [2.05, 4.69) is 51.8 Å². The minimum Gasteiger partial charge on any atom is -0.311 e. The molecule has 0 radical (unpaired) electrons. The van der Waals surface area contributed by atoms with Gasteiger partial charge in [-0.05, 0) is 30.1 Å². The zero-order chi connectivity index (χ0) is 13.5. The molecule has 1 aliphatic carbocycles. The molecule has 2 heteroatoms. The summed E-state index contributed by atoms with van der Waals surface area (Å²) < 4.78 is 0. The van der Waals surface area contributed by atoms with E-state index >= 15 is 0 Å². The Morgan fingerprint density at radius 1 is 1.22 bits per heavy atom. The Labute approximate surface area is 114 Å². The molecule has 2 nitrogen and oxygen atoms in total. The van der Waals surface area contributed by atoms with Gasteiger partial charge in [0.1, 0.15) is 0 Å². The number of rotatable bonds is 4. The lowest BCUT2D eigenvalue weighted by Crippen LogP contribution is -2.59. The Morgan fingerprint density at radius 2 is 1.83 bits per heavy atom. The number of piperazine rings is 1. The summed E-state index contributed by atoms with van der Waals surface area (Å²) in [5.41, 5.74) is 0.562. The van der Waals surface area contributed by atoms with Crippen LogP contribution in [0.25, 0.3) is 0 Å². The van der Waals surface area contributed by atoms with E-state index in [-0.39, 0.29) is 0 Å². The highest BCUT2D eigenvalue weighted by Crippen LogP contribution is 2.50. The number of hydrogen-bond donors (Lipinski definition) is 1. The molecule has 0 spiro atoms. The second-order valence-electron chi connectivity index (χ2n) is 7.95. The maximum absolute atomic E-state index is 3.78. The Morgan fingerprint density at radius 3 is 2.28 bits per heavy atom. The summed E-state index contributed by atoms with van der Waals surface area (Å²) in [6.07, 6.45) is 2.71. The molecule has 0 aromatic rings. The van der Waals surface area contributed by atoms with Gasteiger partial charge in [0, 0.05) is 31.2 Å². The molecule has 0 amide bonds. The van der Waals surface area contributed by atoms with Crippen LogP contribution in [-0.2, 0) is 0 Å². The van der Waals surface area contributed by atoms with Gasteiger partial charge in [0.05, 0.1) is 0 Å². The molecule has 2 fully saturated rings. The molecular weight excluding hydrogens is 220 g/mol. The maximum atomic E-state index is 3.78. The Kier molecular flexibility index (Phi) is 4.08. The summed E-state index contributed by atoms with van der Waals surface area (Å²) in [5, 5.41) is 3.78. The molecule has 3 unspecified atom stereocenters. The standard InChI is InChI=1S/C16H32N2/c1-11(2)7-13-10-18(15-8-16(15,5)6)14(9-17-13)12(3)4/h11-15,17H,7-10H2,1-6H3. The van der Waals surface area contributed by atoms with E-state index in [0.717, 1.165) is 23.9 Å². The van der Waals surface area contributed by atoms with Crippen molar-refractivity contribution in [1.29, 1.82) is 0 Å². The lowest BCUT2D eigenvalue weighted by atomic mass is 9.94. The third-order valence-electron chi connectivity index (χ3n) is 4.86. The zero-order valence-electron chi connectivity index (χ0n) is 13.2. The van der Waals surface area contributed by atoms with Crippen molar-refractivity contribution in [2.45, 2.75) is 72.5 Å². The summed E-state index contributed by atoms with van der Waals surface area (Å²) in [7, 11) is 0. The van der Waals surface area contributed by atoms with Crippen LogP contribution >= 0.6 is 0 Å². The van der Waals surface area contributed by atoms with Gasteiger partial charge >= 0.3 is 0 Å². The second-order valence-corrected chi connectivity index (χ2v) is 7.95. The summed E-state index contributed by atoms with van der Waals surface area (Å²) in [6, 6.07) is 2.28. The minimum absolute atomic E-state index is 0.562. The minimum atomic E-state index is 0.562. The first kappa shape index (κ1) is 14.3. The SMILES string of the molecule is CC(C)CC1CN(C2CC2(C)C)C(C(C)C)CN1. The monoisotopic (exact) mass is 252 g/mol. The summed E-state index contributed by atoms with van der Waals surface area (Å²) in [5.74, 6) is 1.56. The summed E-state index contributed by atoms with van der Waals surface area (Å²) in [4.78, 5) is 2.83. The molecule has 2 aliphatic rings. The van der Waals surface area contributed by atoms with Crippen LogP contribution in [0.1, 0.15) is 54.4 Å². The zero-order valence-corrected chi connectivity index (χ0v) is 13.2. The summed E-state index contributed by atoms with van der Waals surface area (Å²) >= 11 is 0. The van der Waals surface area contributed by atoms with Gasteiger partial charge < -0.3 is 5.32 Å². The van der Waals surface area contributed by atoms with Crippen molar-refractivity contribution in [2.24, 2.45) is 17.3 Å². The van der Waals surface area contributed by atoms with Gasteiger partial charge in [0.15, 0.2) is 0 Å². The molecule has 18 heavy (non-hydrogen) atoms. The maximum Gasteiger partial charge on any atom is 0.0247 e. The van der Waals surface area contributed by atoms with E-state index in [1.165, 1.54) is 25.9 Å². The van der Waals surface area contributed by atoms with Gasteiger partial charge in [-0.15, -0.1) is 0 Å². The van der Waals surface area contributed by atoms with Crippen LogP contribution in [0, 0.1) is 17.3 Å². The van der Waals surface area contributed by atoms with Crippen LogP contribution in [-0.4, -0.2) is 36.1 Å². The average Bonchev–Trinajstić information content (AvgIpc) is 2.86. The third kappa shape index (κ3) is 3.08. The Balaban J connectivity index is 2.00. The molecule has 0 bridgehead atoms. The smallest absolute Gasteiger partial charge is 0.0247 e. The highest BCUT2D eigenvalue weighted by Gasteiger charge is 2.52. The number of hydrogen-bond acceptors (Lipinski definition) is 2. The van der Waals surface area contributed by atoms with E-state index in [1.54, 1.807) is 0 Å². The molecular formula is C16H32N2. The highest BCUT2D eigenvalue weighted by atomic mass is 15.3. The van der Waals surface area contributed by atoms with E-state index < -0.39 is 0 Å². The van der Waals surface area contributed by atoms with E-state index in [4.69, 9.17) is 0 Å². The predicted octanol–water partition coefficient (Wildman–Crippen LogP) is 3.13. The Hall–Kier alpha value is -0.0800. The van der Waals surface area contributed by atoms with Crippen LogP contribution in [0.4, 0.5) is 0 Å². The molecule has 1 aliphatic heterocycles. The van der Waals surface area contributed by atoms with Gasteiger partial charge in [-0.3, -0.25) is 4.90 Å². The fraction of sp³-hybridized carbons (Fsp3) is 1.00. The third-order valence-corrected chi connectivity index (χ3v) is 4.86. The molecule has 1 saturated heterocycles. The van der Waals surface area contributed by atoms with Crippen molar-refractivity contribution in [1.82, 2.24) is 10.2 Å². The molecule has 0 aromatic carbocycles. The van der Waals surface area contributed by atoms with Crippen LogP contribution in [0.15, 0.2) is 0 Å². The van der Waals surface area contributed by atoms with E-state index in [1.807, 2.05) is 0 Å². The van der Waals surface area contributed by atoms with Crippen molar-refractivity contribution in [2.75, 3.05) is 13.1 Å². The Bertz CT molecular complexity index is 283. The van der Waals surface area contributed by atoms with Crippen LogP contribution < -0.4 is 5.32 Å². The number of nitrogens with one attached hydrogen (secondary N) is 1. The van der Waals surface area contributed by atoms with Gasteiger partial charge in [0.25, 0.3) is 0 Å². The fourth-order valence-corrected chi connectivity index (χ4v) is 3.57. The van der Waals surface area contributed by atoms with Crippen molar-refractivity contribution in [3.05, 3.63) is 0 Å². The van der Waals surface area contributed by atoms with Crippen LogP contribution in [0.3, 0.4) is 0 Å². The first-order valence-electron chi connectivity index (χ1n) is 7.80. The molecule has 106 valence electrons. The van der Waals surface area contributed by atoms with E-state index in [9.17, 15) is 0 Å². The van der Waals surface area contributed by atoms with Crippen molar-refractivity contribution < 1.29 is 0 Å². The predicted molar refractivity (Wildman–Crippen MR) is 78.8 cm³/mol. The normalized spacial score (nSPS) is 36.3. The van der Waals surface area contributed by atoms with Crippen LogP contribution in [0.5, 0.6) is 0 Å². The fourth-order valence-electron chi connectivity index (χ4n) is 3.57. The quantitative estimate of drug-likeness (QED) is 0.827. The molecule has 1 N–H and O–H groups in total. The van der Waals surface area contributed by atoms with Crippen molar-refractivity contribution >= 4 is 0 Å². The summed E-state index contributed by atoms with van der Waals surface area (Å²) in [6.45, 7) is 16.7. The van der Waals surface area contributed by atoms with Gasteiger partial charge in [-0.2, -0.15) is 0 Å². The lowest BCUT2D eigenvalue weighted by molar-refractivity contribution is 0.0736. The molecule has 2 rings (SSSR count). The lowest BCUT2D eigenvalue weighted by Gasteiger charge is -2.44. The van der Waals surface area contributed by atoms with Gasteiger partial charge in [-0.25, -0.2) is 0 Å². The van der Waals surface area contributed by atoms with Gasteiger partial charge in [0.2, 0.25) is 0 Å². The second kappa shape index (κ2) is 5.13. The van der Waals surface area contributed by atoms with Gasteiger partial charge in [-0.1, -0.05) is 41.5 Å². The van der Waals surface area contributed by atoms with Crippen molar-refractivity contribution in [3.63, 3.8) is 0 Å². The highest BCUT2D eigenvalue weighted by molar-refractivity contribution is 5.07. The van der Waals surface area contributed by atoms with Crippen LogP contribution in [0.2, 0.25) is 0 Å². The molecule has 1 saturated carbocycles. The molecule has 1 heterocycles. The largest absolute Gasteiger partial charge is 0.311 e. The topological polar surface area (TPSA) is 15.3 Å². The van der Waals surface area contributed by atoms with E-state index in [0.29, 0.717) is 11.5 Å². The first-order chi connectivity index (χ1) is 8.31. The first-order valence-corrected chi connectivity index (χ1v) is 7.80. The molecule has 0 aromatic heterocycles. The van der Waals surface area contributed by atoms with Crippen molar-refractivity contribution in [3.8, 4) is 0 Å². The molecule has 3 atom stereocenters. The number of nitrogens with zero attached hydrogens (tertiary/aromatic N) is 1.